The Morgan fingerprint density at radius 3 is 2.70 bits per heavy atom. The zero-order chi connectivity index (χ0) is 19.0. The number of nitrogens with one attached hydrogen (secondary N) is 1. The van der Waals surface area contributed by atoms with Gasteiger partial charge in [0.1, 0.15) is 17.0 Å². The second-order valence-corrected chi connectivity index (χ2v) is 8.21. The van der Waals surface area contributed by atoms with E-state index < -0.39 is 0 Å². The third kappa shape index (κ3) is 3.47. The zero-order valence-electron chi connectivity index (χ0n) is 14.5. The molecular formula is C20H16Cl2N2O2S. The number of carbonyl (C=O) groups excluding carboxylic acids is 1. The number of aryl methyl sites for hydroxylation is 1. The summed E-state index contributed by atoms with van der Waals surface area (Å²) >= 11 is 14.4. The van der Waals surface area contributed by atoms with E-state index in [0.29, 0.717) is 32.6 Å². The number of aromatic nitrogens is 1. The van der Waals surface area contributed by atoms with Gasteiger partial charge in [0.05, 0.1) is 16.1 Å². The minimum Gasteiger partial charge on any atom is -0.360 e. The average molecular weight is 419 g/mol. The van der Waals surface area contributed by atoms with Crippen LogP contribution in [0.4, 0.5) is 0 Å². The molecule has 0 aliphatic carbocycles. The molecule has 0 bridgehead atoms. The van der Waals surface area contributed by atoms with Crippen LogP contribution >= 0.6 is 35.0 Å². The van der Waals surface area contributed by atoms with Gasteiger partial charge in [-0.2, -0.15) is 0 Å². The Labute approximate surface area is 171 Å². The van der Waals surface area contributed by atoms with Crippen molar-refractivity contribution in [1.29, 1.82) is 0 Å². The summed E-state index contributed by atoms with van der Waals surface area (Å²) in [7, 11) is 0. The van der Waals surface area contributed by atoms with Crippen LogP contribution in [0.3, 0.4) is 0 Å². The summed E-state index contributed by atoms with van der Waals surface area (Å²) in [5, 5.41) is 8.03. The number of fused-ring (bicyclic) bond motifs is 1. The summed E-state index contributed by atoms with van der Waals surface area (Å²) in [6.07, 6.45) is 0.861. The molecule has 0 radical (unpaired) electrons. The quantitative estimate of drug-likeness (QED) is 0.572. The molecule has 138 valence electrons. The molecule has 7 heteroatoms. The molecule has 1 atom stereocenters. The zero-order valence-corrected chi connectivity index (χ0v) is 16.8. The van der Waals surface area contributed by atoms with Crippen LogP contribution in [0.2, 0.25) is 10.0 Å². The Hall–Kier alpha value is -1.95. The third-order valence-electron chi connectivity index (χ3n) is 4.55. The summed E-state index contributed by atoms with van der Waals surface area (Å²) in [5.41, 5.74) is 2.36. The molecule has 0 unspecified atom stereocenters. The van der Waals surface area contributed by atoms with Crippen molar-refractivity contribution in [3.05, 3.63) is 69.4 Å². The highest BCUT2D eigenvalue weighted by Gasteiger charge is 2.28. The second kappa shape index (κ2) is 7.58. The molecule has 4 nitrogen and oxygen atoms in total. The minimum absolute atomic E-state index is 0.0567. The van der Waals surface area contributed by atoms with Crippen molar-refractivity contribution >= 4 is 40.9 Å². The predicted octanol–water partition coefficient (Wildman–Crippen LogP) is 5.92. The van der Waals surface area contributed by atoms with Gasteiger partial charge in [-0.1, -0.05) is 52.6 Å². The standard InChI is InChI=1S/C20H16Cl2N2O2S/c1-11-17(19(24-26-11)18-13(21)6-4-7-14(18)22)20(25)23-15-9-10-27-16-8-3-2-5-12(15)16/h2-8,15H,9-10H2,1H3,(H,23,25)/t15-/m1/s1. The molecule has 3 aromatic rings. The molecule has 27 heavy (non-hydrogen) atoms. The maximum atomic E-state index is 13.1. The van der Waals surface area contributed by atoms with E-state index in [0.717, 1.165) is 17.7 Å². The normalized spacial score (nSPS) is 16.0. The topological polar surface area (TPSA) is 55.1 Å². The number of benzene rings is 2. The number of amides is 1. The fraction of sp³-hybridized carbons (Fsp3) is 0.200. The van der Waals surface area contributed by atoms with Crippen molar-refractivity contribution in [2.24, 2.45) is 0 Å². The van der Waals surface area contributed by atoms with Crippen molar-refractivity contribution in [3.63, 3.8) is 0 Å². The van der Waals surface area contributed by atoms with Gasteiger partial charge < -0.3 is 9.84 Å². The summed E-state index contributed by atoms with van der Waals surface area (Å²) in [6, 6.07) is 13.3. The van der Waals surface area contributed by atoms with Crippen LogP contribution in [-0.2, 0) is 0 Å². The van der Waals surface area contributed by atoms with Crippen LogP contribution in [0.25, 0.3) is 11.3 Å². The first-order chi connectivity index (χ1) is 13.1. The van der Waals surface area contributed by atoms with E-state index in [1.807, 2.05) is 23.9 Å². The number of halogens is 2. The molecular weight excluding hydrogens is 403 g/mol. The van der Waals surface area contributed by atoms with Crippen LogP contribution in [0.5, 0.6) is 0 Å². The number of carbonyl (C=O) groups is 1. The maximum Gasteiger partial charge on any atom is 0.257 e. The van der Waals surface area contributed by atoms with Crippen LogP contribution < -0.4 is 5.32 Å². The Morgan fingerprint density at radius 2 is 1.93 bits per heavy atom. The molecule has 1 N–H and O–H groups in total. The first-order valence-corrected chi connectivity index (χ1v) is 10.2. The Bertz CT molecular complexity index is 999. The molecule has 1 aromatic heterocycles. The van der Waals surface area contributed by atoms with Crippen LogP contribution in [0.1, 0.15) is 34.1 Å². The largest absolute Gasteiger partial charge is 0.360 e. The van der Waals surface area contributed by atoms with Crippen molar-refractivity contribution in [1.82, 2.24) is 10.5 Å². The first-order valence-electron chi connectivity index (χ1n) is 8.49. The van der Waals surface area contributed by atoms with Gasteiger partial charge in [-0.3, -0.25) is 4.79 Å². The number of thioether (sulfide) groups is 1. The van der Waals surface area contributed by atoms with Crippen LogP contribution in [-0.4, -0.2) is 16.8 Å². The van der Waals surface area contributed by atoms with E-state index in [1.165, 1.54) is 4.90 Å². The Kier molecular flexibility index (Phi) is 5.17. The van der Waals surface area contributed by atoms with Gasteiger partial charge in [0, 0.05) is 16.2 Å². The second-order valence-electron chi connectivity index (χ2n) is 6.26. The monoisotopic (exact) mass is 418 g/mol. The van der Waals surface area contributed by atoms with Gasteiger partial charge in [0.15, 0.2) is 0 Å². The van der Waals surface area contributed by atoms with Crippen molar-refractivity contribution < 1.29 is 9.32 Å². The molecule has 0 saturated carbocycles. The van der Waals surface area contributed by atoms with E-state index in [9.17, 15) is 4.79 Å². The highest BCUT2D eigenvalue weighted by atomic mass is 35.5. The fourth-order valence-electron chi connectivity index (χ4n) is 3.26. The summed E-state index contributed by atoms with van der Waals surface area (Å²) < 4.78 is 5.31. The molecule has 1 aliphatic heterocycles. The predicted molar refractivity (Wildman–Crippen MR) is 109 cm³/mol. The maximum absolute atomic E-state index is 13.1. The van der Waals surface area contributed by atoms with Crippen LogP contribution in [0, 0.1) is 6.92 Å². The first kappa shape index (κ1) is 18.4. The fourth-order valence-corrected chi connectivity index (χ4v) is 4.96. The molecule has 2 aromatic carbocycles. The number of hydrogen-bond donors (Lipinski definition) is 1. The molecule has 1 amide bonds. The molecule has 2 heterocycles. The summed E-state index contributed by atoms with van der Waals surface area (Å²) in [6.45, 7) is 1.71. The molecule has 1 aliphatic rings. The molecule has 0 saturated heterocycles. The number of rotatable bonds is 3. The minimum atomic E-state index is -0.244. The van der Waals surface area contributed by atoms with Gasteiger partial charge in [-0.25, -0.2) is 0 Å². The smallest absolute Gasteiger partial charge is 0.257 e. The van der Waals surface area contributed by atoms with Gasteiger partial charge in [0.2, 0.25) is 0 Å². The van der Waals surface area contributed by atoms with E-state index in [-0.39, 0.29) is 11.9 Å². The number of hydrogen-bond acceptors (Lipinski definition) is 4. The van der Waals surface area contributed by atoms with E-state index in [4.69, 9.17) is 27.7 Å². The third-order valence-corrected chi connectivity index (χ3v) is 6.31. The van der Waals surface area contributed by atoms with Crippen molar-refractivity contribution in [3.8, 4) is 11.3 Å². The summed E-state index contributed by atoms with van der Waals surface area (Å²) in [4.78, 5) is 14.3. The Morgan fingerprint density at radius 1 is 1.19 bits per heavy atom. The lowest BCUT2D eigenvalue weighted by atomic mass is 10.0. The van der Waals surface area contributed by atoms with E-state index in [1.54, 1.807) is 25.1 Å². The van der Waals surface area contributed by atoms with Gasteiger partial charge in [-0.15, -0.1) is 11.8 Å². The average Bonchev–Trinajstić information content (AvgIpc) is 3.03. The SMILES string of the molecule is Cc1onc(-c2c(Cl)cccc2Cl)c1C(=O)N[C@@H]1CCSc2ccccc21. The molecule has 4 rings (SSSR count). The van der Waals surface area contributed by atoms with E-state index >= 15 is 0 Å². The lowest BCUT2D eigenvalue weighted by molar-refractivity contribution is 0.0934. The summed E-state index contributed by atoms with van der Waals surface area (Å²) in [5.74, 6) is 1.14. The number of nitrogens with zero attached hydrogens (tertiary/aromatic N) is 1. The highest BCUT2D eigenvalue weighted by Crippen LogP contribution is 2.38. The Balaban J connectivity index is 1.70. The van der Waals surface area contributed by atoms with Crippen molar-refractivity contribution in [2.45, 2.75) is 24.3 Å². The lowest BCUT2D eigenvalue weighted by Crippen LogP contribution is -2.31. The molecule has 0 fully saturated rings. The van der Waals surface area contributed by atoms with Crippen molar-refractivity contribution in [2.75, 3.05) is 5.75 Å². The van der Waals surface area contributed by atoms with Gasteiger partial charge in [-0.05, 0) is 37.1 Å². The van der Waals surface area contributed by atoms with Gasteiger partial charge in [0.25, 0.3) is 5.91 Å². The highest BCUT2D eigenvalue weighted by molar-refractivity contribution is 7.99. The van der Waals surface area contributed by atoms with Gasteiger partial charge >= 0.3 is 0 Å². The lowest BCUT2D eigenvalue weighted by Gasteiger charge is -2.25. The van der Waals surface area contributed by atoms with Crippen LogP contribution in [0.15, 0.2) is 51.9 Å². The van der Waals surface area contributed by atoms with E-state index in [2.05, 4.69) is 22.6 Å². The molecule has 0 spiro atoms.